The second-order valence-corrected chi connectivity index (χ2v) is 6.34. The number of carbonyl (C=O) groups excluding carboxylic acids is 2. The van der Waals surface area contributed by atoms with Gasteiger partial charge in [0.05, 0.1) is 17.5 Å². The van der Waals surface area contributed by atoms with Gasteiger partial charge in [-0.1, -0.05) is 0 Å². The van der Waals surface area contributed by atoms with Crippen LogP contribution in [0.3, 0.4) is 0 Å². The molecule has 1 amide bonds. The van der Waals surface area contributed by atoms with Crippen LogP contribution in [0.25, 0.3) is 0 Å². The fourth-order valence-electron chi connectivity index (χ4n) is 2.59. The predicted octanol–water partition coefficient (Wildman–Crippen LogP) is 3.06. The monoisotopic (exact) mass is 368 g/mol. The van der Waals surface area contributed by atoms with Gasteiger partial charge in [-0.2, -0.15) is 0 Å². The third-order valence-corrected chi connectivity index (χ3v) is 3.75. The summed E-state index contributed by atoms with van der Waals surface area (Å²) in [4.78, 5) is 22.6. The summed E-state index contributed by atoms with van der Waals surface area (Å²) in [7, 11) is 0. The Balaban J connectivity index is 1.71. The number of fused-ring (bicyclic) bond motifs is 1. The van der Waals surface area contributed by atoms with Crippen LogP contribution in [0.15, 0.2) is 36.4 Å². The first-order chi connectivity index (χ1) is 12.9. The van der Waals surface area contributed by atoms with Crippen LogP contribution in [0.1, 0.15) is 29.8 Å². The van der Waals surface area contributed by atoms with Gasteiger partial charge in [-0.3, -0.25) is 9.59 Å². The quantitative estimate of drug-likeness (QED) is 0.578. The van der Waals surface area contributed by atoms with Gasteiger partial charge in [0.1, 0.15) is 30.1 Å². The zero-order chi connectivity index (χ0) is 19.4. The number of carbonyl (C=O) groups is 2. The first-order valence-electron chi connectivity index (χ1n) is 8.49. The third-order valence-electron chi connectivity index (χ3n) is 3.75. The van der Waals surface area contributed by atoms with E-state index in [0.717, 1.165) is 6.29 Å². The second kappa shape index (κ2) is 7.90. The molecule has 0 unspecified atom stereocenters. The normalized spacial score (nSPS) is 12.6. The molecule has 0 spiro atoms. The van der Waals surface area contributed by atoms with Crippen molar-refractivity contribution in [2.24, 2.45) is 0 Å². The van der Waals surface area contributed by atoms with Crippen LogP contribution >= 0.6 is 0 Å². The van der Waals surface area contributed by atoms with Crippen LogP contribution in [0.4, 0.5) is 5.69 Å². The standard InChI is InChI=1S/C20H20N2O5/c1-12(2)27-16-6-13(9-23)5-15(8-16)25-10-17(21)14-3-4-19-18(7-14)22-20(24)11-26-19/h3-9,12,21H,10-11H2,1-2H3,(H,22,24). The largest absolute Gasteiger partial charge is 0.491 e. The van der Waals surface area contributed by atoms with E-state index in [1.54, 1.807) is 36.4 Å². The Hall–Kier alpha value is -3.35. The average molecular weight is 368 g/mol. The molecule has 0 saturated heterocycles. The van der Waals surface area contributed by atoms with Gasteiger partial charge in [0, 0.05) is 17.2 Å². The summed E-state index contributed by atoms with van der Waals surface area (Å²) in [5.74, 6) is 1.31. The fourth-order valence-corrected chi connectivity index (χ4v) is 2.59. The highest BCUT2D eigenvalue weighted by molar-refractivity contribution is 6.02. The molecule has 0 atom stereocenters. The van der Waals surface area contributed by atoms with Crippen LogP contribution in [-0.2, 0) is 4.79 Å². The van der Waals surface area contributed by atoms with E-state index in [1.165, 1.54) is 0 Å². The second-order valence-electron chi connectivity index (χ2n) is 6.34. The van der Waals surface area contributed by atoms with Crippen LogP contribution in [0.5, 0.6) is 17.2 Å². The van der Waals surface area contributed by atoms with E-state index in [-0.39, 0.29) is 30.9 Å². The van der Waals surface area contributed by atoms with E-state index >= 15 is 0 Å². The van der Waals surface area contributed by atoms with Gasteiger partial charge in [0.2, 0.25) is 0 Å². The highest BCUT2D eigenvalue weighted by atomic mass is 16.5. The number of ether oxygens (including phenoxy) is 3. The van der Waals surface area contributed by atoms with Crippen molar-refractivity contribution in [3.05, 3.63) is 47.5 Å². The molecule has 3 rings (SSSR count). The lowest BCUT2D eigenvalue weighted by atomic mass is 10.1. The Kier molecular flexibility index (Phi) is 5.40. The SMILES string of the molecule is CC(C)Oc1cc(C=O)cc(OCC(=N)c2ccc3c(c2)NC(=O)CO3)c1. The highest BCUT2D eigenvalue weighted by Crippen LogP contribution is 2.29. The molecule has 0 aromatic heterocycles. The topological polar surface area (TPSA) is 97.7 Å². The highest BCUT2D eigenvalue weighted by Gasteiger charge is 2.17. The van der Waals surface area contributed by atoms with E-state index in [1.807, 2.05) is 13.8 Å². The number of amides is 1. The molecule has 7 nitrogen and oxygen atoms in total. The molecule has 0 radical (unpaired) electrons. The lowest BCUT2D eigenvalue weighted by molar-refractivity contribution is -0.118. The van der Waals surface area contributed by atoms with Crippen molar-refractivity contribution >= 4 is 23.6 Å². The molecule has 1 aliphatic heterocycles. The van der Waals surface area contributed by atoms with E-state index in [4.69, 9.17) is 19.6 Å². The van der Waals surface area contributed by atoms with Crippen molar-refractivity contribution in [3.8, 4) is 17.2 Å². The van der Waals surface area contributed by atoms with Gasteiger partial charge in [-0.15, -0.1) is 0 Å². The first kappa shape index (κ1) is 18.4. The van der Waals surface area contributed by atoms with Gasteiger partial charge in [0.15, 0.2) is 6.61 Å². The maximum atomic E-state index is 11.4. The Labute approximate surface area is 156 Å². The number of hydrogen-bond donors (Lipinski definition) is 2. The van der Waals surface area contributed by atoms with E-state index in [0.29, 0.717) is 34.1 Å². The fraction of sp³-hybridized carbons (Fsp3) is 0.250. The van der Waals surface area contributed by atoms with Crippen molar-refractivity contribution < 1.29 is 23.8 Å². The molecule has 27 heavy (non-hydrogen) atoms. The first-order valence-corrected chi connectivity index (χ1v) is 8.49. The van der Waals surface area contributed by atoms with Crippen molar-refractivity contribution in [2.45, 2.75) is 20.0 Å². The number of nitrogens with one attached hydrogen (secondary N) is 2. The van der Waals surface area contributed by atoms with Crippen molar-refractivity contribution in [2.75, 3.05) is 18.5 Å². The van der Waals surface area contributed by atoms with Gasteiger partial charge < -0.3 is 24.9 Å². The van der Waals surface area contributed by atoms with Crippen LogP contribution in [0, 0.1) is 5.41 Å². The summed E-state index contributed by atoms with van der Waals surface area (Å²) in [6.45, 7) is 3.77. The van der Waals surface area contributed by atoms with Gasteiger partial charge in [0.25, 0.3) is 5.91 Å². The van der Waals surface area contributed by atoms with Gasteiger partial charge in [-0.25, -0.2) is 0 Å². The zero-order valence-electron chi connectivity index (χ0n) is 15.1. The van der Waals surface area contributed by atoms with Gasteiger partial charge >= 0.3 is 0 Å². The lowest BCUT2D eigenvalue weighted by Gasteiger charge is -2.18. The molecule has 0 saturated carbocycles. The van der Waals surface area contributed by atoms with Crippen molar-refractivity contribution in [3.63, 3.8) is 0 Å². The summed E-state index contributed by atoms with van der Waals surface area (Å²) in [5.41, 5.74) is 1.79. The summed E-state index contributed by atoms with van der Waals surface area (Å²) < 4.78 is 16.6. The Morgan fingerprint density at radius 2 is 2.04 bits per heavy atom. The third kappa shape index (κ3) is 4.63. The Morgan fingerprint density at radius 3 is 2.78 bits per heavy atom. The van der Waals surface area contributed by atoms with Crippen LogP contribution in [-0.4, -0.2) is 37.2 Å². The zero-order valence-corrected chi connectivity index (χ0v) is 15.1. The summed E-state index contributed by atoms with van der Waals surface area (Å²) >= 11 is 0. The summed E-state index contributed by atoms with van der Waals surface area (Å²) in [5, 5.41) is 10.9. The molecule has 0 bridgehead atoms. The lowest BCUT2D eigenvalue weighted by Crippen LogP contribution is -2.25. The molecule has 2 N–H and O–H groups in total. The molecule has 2 aromatic rings. The molecule has 140 valence electrons. The van der Waals surface area contributed by atoms with E-state index in [9.17, 15) is 9.59 Å². The molecular formula is C20H20N2O5. The van der Waals surface area contributed by atoms with Crippen molar-refractivity contribution in [1.29, 1.82) is 5.41 Å². The molecule has 2 aromatic carbocycles. The number of benzene rings is 2. The van der Waals surface area contributed by atoms with E-state index < -0.39 is 0 Å². The Bertz CT molecular complexity index is 892. The average Bonchev–Trinajstić information content (AvgIpc) is 2.64. The molecule has 1 heterocycles. The number of rotatable bonds is 7. The number of aldehydes is 1. The van der Waals surface area contributed by atoms with Crippen LogP contribution < -0.4 is 19.5 Å². The van der Waals surface area contributed by atoms with Gasteiger partial charge in [-0.05, 0) is 44.2 Å². The summed E-state index contributed by atoms with van der Waals surface area (Å²) in [6, 6.07) is 10.0. The molecule has 7 heteroatoms. The minimum atomic E-state index is -0.231. The molecule has 0 fully saturated rings. The maximum Gasteiger partial charge on any atom is 0.262 e. The van der Waals surface area contributed by atoms with Crippen molar-refractivity contribution in [1.82, 2.24) is 0 Å². The molecule has 0 aliphatic carbocycles. The maximum absolute atomic E-state index is 11.4. The minimum Gasteiger partial charge on any atom is -0.491 e. The Morgan fingerprint density at radius 1 is 1.26 bits per heavy atom. The molecule has 1 aliphatic rings. The molecular weight excluding hydrogens is 348 g/mol. The predicted molar refractivity (Wildman–Crippen MR) is 100 cm³/mol. The smallest absolute Gasteiger partial charge is 0.262 e. The number of anilines is 1. The van der Waals surface area contributed by atoms with Crippen LogP contribution in [0.2, 0.25) is 0 Å². The minimum absolute atomic E-state index is 0.00296. The summed E-state index contributed by atoms with van der Waals surface area (Å²) in [6.07, 6.45) is 0.684. The number of hydrogen-bond acceptors (Lipinski definition) is 6. The van der Waals surface area contributed by atoms with E-state index in [2.05, 4.69) is 5.32 Å².